The van der Waals surface area contributed by atoms with Crippen molar-refractivity contribution in [3.63, 3.8) is 0 Å². The van der Waals surface area contributed by atoms with Crippen molar-refractivity contribution >= 4 is 28.6 Å². The third-order valence-corrected chi connectivity index (χ3v) is 5.33. The van der Waals surface area contributed by atoms with Gasteiger partial charge in [-0.1, -0.05) is 12.1 Å². The van der Waals surface area contributed by atoms with Crippen LogP contribution in [0.2, 0.25) is 0 Å². The van der Waals surface area contributed by atoms with Gasteiger partial charge in [0, 0.05) is 11.1 Å². The first-order valence-corrected chi connectivity index (χ1v) is 8.37. The van der Waals surface area contributed by atoms with E-state index >= 15 is 0 Å². The predicted octanol–water partition coefficient (Wildman–Crippen LogP) is 4.17. The van der Waals surface area contributed by atoms with E-state index in [1.807, 2.05) is 32.2 Å². The van der Waals surface area contributed by atoms with Crippen molar-refractivity contribution in [2.45, 2.75) is 20.3 Å². The fourth-order valence-corrected chi connectivity index (χ4v) is 4.13. The van der Waals surface area contributed by atoms with Crippen LogP contribution in [0.15, 0.2) is 30.5 Å². The Bertz CT molecular complexity index is 819. The number of aromatic nitrogens is 2. The first kappa shape index (κ1) is 14.9. The number of carbonyl (C=O) groups is 1. The Morgan fingerprint density at radius 2 is 1.86 bits per heavy atom. The van der Waals surface area contributed by atoms with Crippen LogP contribution >= 0.6 is 22.7 Å². The molecule has 3 rings (SSSR count). The molecule has 0 atom stereocenters. The monoisotopic (exact) mass is 330 g/mol. The molecule has 0 aliphatic carbocycles. The second kappa shape index (κ2) is 5.98. The normalized spacial score (nSPS) is 10.8. The lowest BCUT2D eigenvalue weighted by Crippen LogP contribution is -1.94. The minimum atomic E-state index is -0.910. The van der Waals surface area contributed by atoms with Gasteiger partial charge in [0.15, 0.2) is 0 Å². The number of nitrogens with zero attached hydrogens (tertiary/aromatic N) is 2. The summed E-state index contributed by atoms with van der Waals surface area (Å²) in [7, 11) is 0. The first-order chi connectivity index (χ1) is 10.5. The Morgan fingerprint density at radius 3 is 2.45 bits per heavy atom. The molecule has 22 heavy (non-hydrogen) atoms. The average molecular weight is 330 g/mol. The lowest BCUT2D eigenvalue weighted by Gasteiger charge is -1.99. The number of hydrogen-bond donors (Lipinski definition) is 1. The smallest absolute Gasteiger partial charge is 0.335 e. The van der Waals surface area contributed by atoms with Crippen molar-refractivity contribution in [3.05, 3.63) is 56.6 Å². The van der Waals surface area contributed by atoms with Crippen LogP contribution in [-0.4, -0.2) is 21.0 Å². The summed E-state index contributed by atoms with van der Waals surface area (Å²) in [5.74, 6) is -0.910. The maximum absolute atomic E-state index is 10.9. The van der Waals surface area contributed by atoms with Crippen molar-refractivity contribution in [1.29, 1.82) is 0 Å². The summed E-state index contributed by atoms with van der Waals surface area (Å²) in [6.07, 6.45) is 2.63. The van der Waals surface area contributed by atoms with Crippen molar-refractivity contribution in [2.75, 3.05) is 0 Å². The summed E-state index contributed by atoms with van der Waals surface area (Å²) in [4.78, 5) is 22.2. The SMILES string of the molecule is Cc1cnc(Cc2nc(C)c(-c3ccc(C(=O)O)cc3)s2)s1. The number of aromatic carboxylic acids is 1. The van der Waals surface area contributed by atoms with Crippen molar-refractivity contribution in [3.8, 4) is 10.4 Å². The van der Waals surface area contributed by atoms with Gasteiger partial charge < -0.3 is 5.11 Å². The number of hydrogen-bond acceptors (Lipinski definition) is 5. The molecule has 1 aromatic carbocycles. The predicted molar refractivity (Wildman–Crippen MR) is 88.9 cm³/mol. The van der Waals surface area contributed by atoms with Crippen LogP contribution in [0.1, 0.15) is 30.9 Å². The standard InChI is InChI=1S/C16H14N2O2S2/c1-9-8-17-13(21-9)7-14-18-10(2)15(22-14)11-3-5-12(6-4-11)16(19)20/h3-6,8H,7H2,1-2H3,(H,19,20). The van der Waals surface area contributed by atoms with Crippen LogP contribution in [-0.2, 0) is 6.42 Å². The molecule has 112 valence electrons. The average Bonchev–Trinajstić information content (AvgIpc) is 3.05. The van der Waals surface area contributed by atoms with Gasteiger partial charge in [-0.3, -0.25) is 0 Å². The largest absolute Gasteiger partial charge is 0.478 e. The van der Waals surface area contributed by atoms with E-state index in [0.29, 0.717) is 5.56 Å². The van der Waals surface area contributed by atoms with Gasteiger partial charge in [-0.2, -0.15) is 0 Å². The Hall–Kier alpha value is -2.05. The van der Waals surface area contributed by atoms with E-state index in [4.69, 9.17) is 5.11 Å². The zero-order valence-corrected chi connectivity index (χ0v) is 13.8. The summed E-state index contributed by atoms with van der Waals surface area (Å²) in [6, 6.07) is 6.92. The van der Waals surface area contributed by atoms with Gasteiger partial charge in [0.2, 0.25) is 0 Å². The highest BCUT2D eigenvalue weighted by Gasteiger charge is 2.12. The van der Waals surface area contributed by atoms with E-state index < -0.39 is 5.97 Å². The highest BCUT2D eigenvalue weighted by atomic mass is 32.1. The van der Waals surface area contributed by atoms with Crippen LogP contribution in [0.3, 0.4) is 0 Å². The van der Waals surface area contributed by atoms with E-state index in [1.165, 1.54) is 4.88 Å². The zero-order chi connectivity index (χ0) is 15.7. The van der Waals surface area contributed by atoms with Crippen molar-refractivity contribution in [1.82, 2.24) is 9.97 Å². The van der Waals surface area contributed by atoms with Crippen molar-refractivity contribution < 1.29 is 9.90 Å². The van der Waals surface area contributed by atoms with Gasteiger partial charge in [0.25, 0.3) is 0 Å². The molecule has 1 N–H and O–H groups in total. The third kappa shape index (κ3) is 3.08. The summed E-state index contributed by atoms with van der Waals surface area (Å²) in [5.41, 5.74) is 2.27. The molecule has 0 saturated heterocycles. The molecule has 2 aromatic heterocycles. The molecule has 0 bridgehead atoms. The van der Waals surface area contributed by atoms with Gasteiger partial charge in [-0.15, -0.1) is 22.7 Å². The molecule has 0 aliphatic heterocycles. The summed E-state index contributed by atoms with van der Waals surface area (Å²) >= 11 is 3.33. The number of rotatable bonds is 4. The van der Waals surface area contributed by atoms with E-state index in [2.05, 4.69) is 9.97 Å². The first-order valence-electron chi connectivity index (χ1n) is 6.74. The summed E-state index contributed by atoms with van der Waals surface area (Å²) in [6.45, 7) is 4.03. The minimum Gasteiger partial charge on any atom is -0.478 e. The van der Waals surface area contributed by atoms with E-state index in [9.17, 15) is 4.79 Å². The number of carboxylic acids is 1. The lowest BCUT2D eigenvalue weighted by molar-refractivity contribution is 0.0697. The van der Waals surface area contributed by atoms with Gasteiger partial charge >= 0.3 is 5.97 Å². The number of benzene rings is 1. The molecule has 2 heterocycles. The second-order valence-electron chi connectivity index (χ2n) is 4.95. The summed E-state index contributed by atoms with van der Waals surface area (Å²) in [5, 5.41) is 11.1. The zero-order valence-electron chi connectivity index (χ0n) is 12.2. The molecular weight excluding hydrogens is 316 g/mol. The van der Waals surface area contributed by atoms with Gasteiger partial charge in [0.05, 0.1) is 27.6 Å². The number of aryl methyl sites for hydroxylation is 2. The topological polar surface area (TPSA) is 63.1 Å². The van der Waals surface area contributed by atoms with E-state index in [1.54, 1.807) is 34.8 Å². The number of carboxylic acid groups (broad SMARTS) is 1. The minimum absolute atomic E-state index is 0.296. The third-order valence-electron chi connectivity index (χ3n) is 3.21. The van der Waals surface area contributed by atoms with Crippen LogP contribution in [0.25, 0.3) is 10.4 Å². The molecule has 0 unspecified atom stereocenters. The molecule has 0 fully saturated rings. The molecule has 0 amide bonds. The van der Waals surface area contributed by atoms with E-state index in [0.717, 1.165) is 32.6 Å². The quantitative estimate of drug-likeness (QED) is 0.780. The van der Waals surface area contributed by atoms with Crippen LogP contribution in [0.5, 0.6) is 0 Å². The Balaban J connectivity index is 1.87. The molecular formula is C16H14N2O2S2. The molecule has 3 aromatic rings. The molecule has 0 aliphatic rings. The van der Waals surface area contributed by atoms with Crippen LogP contribution in [0.4, 0.5) is 0 Å². The van der Waals surface area contributed by atoms with Gasteiger partial charge in [0.1, 0.15) is 5.01 Å². The van der Waals surface area contributed by atoms with Gasteiger partial charge in [-0.05, 0) is 31.5 Å². The fourth-order valence-electron chi connectivity index (χ4n) is 2.17. The van der Waals surface area contributed by atoms with Gasteiger partial charge in [-0.25, -0.2) is 14.8 Å². The highest BCUT2D eigenvalue weighted by molar-refractivity contribution is 7.15. The molecule has 0 radical (unpaired) electrons. The lowest BCUT2D eigenvalue weighted by atomic mass is 10.1. The Labute approximate surface area is 136 Å². The van der Waals surface area contributed by atoms with Crippen LogP contribution < -0.4 is 0 Å². The molecule has 4 nitrogen and oxygen atoms in total. The highest BCUT2D eigenvalue weighted by Crippen LogP contribution is 2.31. The molecule has 6 heteroatoms. The Morgan fingerprint density at radius 1 is 1.14 bits per heavy atom. The summed E-state index contributed by atoms with van der Waals surface area (Å²) < 4.78 is 0. The molecule has 0 saturated carbocycles. The Kier molecular flexibility index (Phi) is 4.04. The van der Waals surface area contributed by atoms with Crippen LogP contribution in [0, 0.1) is 13.8 Å². The van der Waals surface area contributed by atoms with E-state index in [-0.39, 0.29) is 0 Å². The fraction of sp³-hybridized carbons (Fsp3) is 0.188. The van der Waals surface area contributed by atoms with Crippen molar-refractivity contribution in [2.24, 2.45) is 0 Å². The maximum Gasteiger partial charge on any atom is 0.335 e. The number of thiazole rings is 2. The molecule has 0 spiro atoms. The maximum atomic E-state index is 10.9. The second-order valence-corrected chi connectivity index (χ2v) is 7.35.